The quantitative estimate of drug-likeness (QED) is 0.0412. The van der Waals surface area contributed by atoms with Gasteiger partial charge in [0.15, 0.2) is 0 Å². The van der Waals surface area contributed by atoms with Gasteiger partial charge in [-0.25, -0.2) is 0 Å². The van der Waals surface area contributed by atoms with Crippen LogP contribution in [0.5, 0.6) is 5.75 Å². The number of aromatic hydroxyl groups is 1. The van der Waals surface area contributed by atoms with Gasteiger partial charge in [0.2, 0.25) is 29.9 Å². The fourth-order valence-electron chi connectivity index (χ4n) is 6.16. The molecule has 1 radical (unpaired) electrons. The van der Waals surface area contributed by atoms with Gasteiger partial charge in [-0.3, -0.25) is 34.1 Å². The first-order valence-electron chi connectivity index (χ1n) is 18.3. The van der Waals surface area contributed by atoms with Crippen molar-refractivity contribution in [1.82, 2.24) is 20.9 Å². The van der Waals surface area contributed by atoms with Gasteiger partial charge in [-0.2, -0.15) is 0 Å². The zero-order valence-electron chi connectivity index (χ0n) is 31.1. The number of phenols is 1. The van der Waals surface area contributed by atoms with Gasteiger partial charge < -0.3 is 36.8 Å². The molecule has 0 spiro atoms. The average molecular weight is 768 g/mol. The summed E-state index contributed by atoms with van der Waals surface area (Å²) < 4.78 is 0. The molecule has 4 aromatic rings. The lowest BCUT2D eigenvalue weighted by Crippen LogP contribution is -2.53. The number of nitrogens with one attached hydrogen (secondary N) is 3. The van der Waals surface area contributed by atoms with E-state index in [0.717, 1.165) is 16.3 Å². The van der Waals surface area contributed by atoms with E-state index in [1.54, 1.807) is 24.3 Å². The fraction of sp³-hybridized carbons (Fsp3) is 0.341. The number of nitrogens with two attached hydrogens (primary N) is 1. The third-order valence-electron chi connectivity index (χ3n) is 9.45. The van der Waals surface area contributed by atoms with Crippen LogP contribution >= 0.6 is 0 Å². The number of likely N-dealkylation sites (N-methyl/N-ethyl adjacent to an activating group) is 1. The Labute approximate surface area is 324 Å². The van der Waals surface area contributed by atoms with Crippen molar-refractivity contribution >= 4 is 46.4 Å². The number of non-ortho nitro benzene ring substituents is 1. The van der Waals surface area contributed by atoms with Gasteiger partial charge in [0.1, 0.15) is 17.8 Å². The molecule has 0 aliphatic rings. The molecule has 4 aromatic carbocycles. The zero-order valence-corrected chi connectivity index (χ0v) is 31.1. The summed E-state index contributed by atoms with van der Waals surface area (Å²) in [5.41, 5.74) is 8.34. The third-order valence-corrected chi connectivity index (χ3v) is 9.45. The zero-order chi connectivity index (χ0) is 40.6. The fourth-order valence-corrected chi connectivity index (χ4v) is 6.16. The van der Waals surface area contributed by atoms with Crippen LogP contribution in [0, 0.1) is 10.1 Å². The second-order valence-electron chi connectivity index (χ2n) is 13.5. The van der Waals surface area contributed by atoms with Crippen LogP contribution in [0.2, 0.25) is 0 Å². The number of aliphatic hydroxyl groups excluding tert-OH is 1. The van der Waals surface area contributed by atoms with E-state index >= 15 is 0 Å². The molecule has 0 aliphatic carbocycles. The number of hydrogen-bond acceptors (Lipinski definition) is 10. The first-order chi connectivity index (χ1) is 26.9. The van der Waals surface area contributed by atoms with Crippen molar-refractivity contribution in [3.05, 3.63) is 118 Å². The number of nitro groups is 1. The highest BCUT2D eigenvalue weighted by Gasteiger charge is 2.29. The van der Waals surface area contributed by atoms with E-state index in [1.807, 2.05) is 48.8 Å². The topological polar surface area (TPSA) is 234 Å². The Kier molecular flexibility index (Phi) is 16.0. The molecule has 0 aliphatic heterocycles. The number of aliphatic hydroxyl groups is 1. The monoisotopic (exact) mass is 767 g/mol. The van der Waals surface area contributed by atoms with Crippen LogP contribution in [0.3, 0.4) is 0 Å². The lowest BCUT2D eigenvalue weighted by Gasteiger charge is -2.28. The number of carbonyl (C=O) groups excluding carboxylic acids is 5. The Balaban J connectivity index is 1.25. The van der Waals surface area contributed by atoms with Crippen LogP contribution in [0.25, 0.3) is 10.8 Å². The van der Waals surface area contributed by atoms with E-state index in [1.165, 1.54) is 36.2 Å². The SMILES string of the molecule is CN(C(=O)CCc1ccc([N+](=O)[O-])cc1)[C@@H](Cc1ccc(O)cc1)C(=O)N[C@@H]([C]=O)CCCCNC(=O)[C@H](CO)NC(=O)[C@@H](N)Cc1cccc2ccccc12. The van der Waals surface area contributed by atoms with E-state index in [0.29, 0.717) is 24.0 Å². The number of carbonyl (C=O) groups is 4. The molecule has 4 rings (SSSR count). The molecule has 15 heteroatoms. The molecule has 0 saturated carbocycles. The van der Waals surface area contributed by atoms with Crippen LogP contribution in [0.15, 0.2) is 91.0 Å². The minimum atomic E-state index is -1.23. The lowest BCUT2D eigenvalue weighted by molar-refractivity contribution is -0.384. The van der Waals surface area contributed by atoms with Gasteiger partial charge >= 0.3 is 0 Å². The van der Waals surface area contributed by atoms with Crippen molar-refractivity contribution in [3.8, 4) is 5.75 Å². The number of fused-ring (bicyclic) bond motifs is 1. The molecule has 4 atom stereocenters. The van der Waals surface area contributed by atoms with E-state index < -0.39 is 53.4 Å². The maximum atomic E-state index is 13.6. The molecule has 56 heavy (non-hydrogen) atoms. The van der Waals surface area contributed by atoms with E-state index in [4.69, 9.17) is 5.73 Å². The highest BCUT2D eigenvalue weighted by Crippen LogP contribution is 2.20. The number of hydrogen-bond donors (Lipinski definition) is 6. The van der Waals surface area contributed by atoms with Crippen molar-refractivity contribution in [2.45, 2.75) is 69.1 Å². The largest absolute Gasteiger partial charge is 0.508 e. The number of nitro benzene ring substituents is 1. The predicted octanol–water partition coefficient (Wildman–Crippen LogP) is 2.38. The second kappa shape index (κ2) is 21.0. The minimum Gasteiger partial charge on any atom is -0.508 e. The summed E-state index contributed by atoms with van der Waals surface area (Å²) in [7, 11) is 1.48. The summed E-state index contributed by atoms with van der Waals surface area (Å²) in [6.07, 6.45) is 3.39. The summed E-state index contributed by atoms with van der Waals surface area (Å²) in [6, 6.07) is 21.2. The standard InChI is InChI=1S/C41H47N6O9/c1-46(38(51)21-16-27-12-17-32(18-13-27)47(55)56)37(23-28-14-19-33(50)20-15-28)41(54)44-31(25-48)10-4-5-22-43-40(53)36(26-49)45-39(52)35(42)24-30-9-6-8-29-7-2-3-11-34(29)30/h2-3,6-9,11-15,17-20,31,35-37,49-50H,4-5,10,16,21-24,26,42H2,1H3,(H,43,53)(H,44,54)(H,45,52)/t31-,35+,36+,37+/m1/s1. The summed E-state index contributed by atoms with van der Waals surface area (Å²) >= 11 is 0. The molecule has 0 aromatic heterocycles. The number of amides is 4. The molecule has 0 heterocycles. The molecule has 15 nitrogen and oxygen atoms in total. The number of benzene rings is 4. The molecule has 0 bridgehead atoms. The number of rotatable bonds is 21. The van der Waals surface area contributed by atoms with Gasteiger partial charge in [0, 0.05) is 38.6 Å². The first-order valence-corrected chi connectivity index (χ1v) is 18.3. The number of unbranched alkanes of at least 4 members (excludes halogenated alkanes) is 1. The summed E-state index contributed by atoms with van der Waals surface area (Å²) in [5.74, 6) is -2.13. The summed E-state index contributed by atoms with van der Waals surface area (Å²) in [6.45, 7) is -0.492. The number of nitrogens with zero attached hydrogens (tertiary/aromatic N) is 2. The molecular weight excluding hydrogens is 720 g/mol. The second-order valence-corrected chi connectivity index (χ2v) is 13.5. The Morgan fingerprint density at radius 3 is 2.21 bits per heavy atom. The molecule has 0 unspecified atom stereocenters. The lowest BCUT2D eigenvalue weighted by atomic mass is 9.98. The first kappa shape index (κ1) is 42.6. The van der Waals surface area contributed by atoms with Crippen LogP contribution in [0.1, 0.15) is 42.4 Å². The normalized spacial score (nSPS) is 13.1. The van der Waals surface area contributed by atoms with Gasteiger partial charge in [0.05, 0.1) is 23.6 Å². The predicted molar refractivity (Wildman–Crippen MR) is 209 cm³/mol. The number of phenolic OH excluding ortho intramolecular Hbond substituents is 1. The third kappa shape index (κ3) is 12.4. The van der Waals surface area contributed by atoms with Crippen molar-refractivity contribution in [1.29, 1.82) is 0 Å². The van der Waals surface area contributed by atoms with Crippen molar-refractivity contribution in [3.63, 3.8) is 0 Å². The van der Waals surface area contributed by atoms with Crippen LogP contribution in [-0.4, -0.2) is 94.3 Å². The molecule has 4 amide bonds. The van der Waals surface area contributed by atoms with Gasteiger partial charge in [-0.05, 0) is 71.7 Å². The number of aryl methyl sites for hydroxylation is 1. The maximum absolute atomic E-state index is 13.6. The molecular formula is C41H47N6O9. The average Bonchev–Trinajstić information content (AvgIpc) is 3.20. The highest BCUT2D eigenvalue weighted by molar-refractivity contribution is 5.91. The van der Waals surface area contributed by atoms with Gasteiger partial charge in [-0.1, -0.05) is 66.7 Å². The summed E-state index contributed by atoms with van der Waals surface area (Å²) in [5, 5.41) is 40.3. The smallest absolute Gasteiger partial charge is 0.269 e. The van der Waals surface area contributed by atoms with Gasteiger partial charge in [-0.15, -0.1) is 0 Å². The van der Waals surface area contributed by atoms with Crippen molar-refractivity contribution in [2.24, 2.45) is 5.73 Å². The molecule has 295 valence electrons. The van der Waals surface area contributed by atoms with Crippen LogP contribution < -0.4 is 21.7 Å². The molecule has 7 N–H and O–H groups in total. The van der Waals surface area contributed by atoms with Crippen molar-refractivity contribution < 1.29 is 39.1 Å². The Bertz CT molecular complexity index is 1970. The van der Waals surface area contributed by atoms with E-state index in [-0.39, 0.29) is 56.0 Å². The minimum absolute atomic E-state index is 0.0152. The molecule has 0 fully saturated rings. The Morgan fingerprint density at radius 1 is 0.857 bits per heavy atom. The van der Waals surface area contributed by atoms with Gasteiger partial charge in [0.25, 0.3) is 5.69 Å². The maximum Gasteiger partial charge on any atom is 0.269 e. The van der Waals surface area contributed by atoms with E-state index in [2.05, 4.69) is 16.0 Å². The summed E-state index contributed by atoms with van der Waals surface area (Å²) in [4.78, 5) is 76.1. The van der Waals surface area contributed by atoms with Crippen LogP contribution in [-0.2, 0) is 43.2 Å². The van der Waals surface area contributed by atoms with E-state index in [9.17, 15) is 44.3 Å². The Hall–Kier alpha value is -6.19. The van der Waals surface area contributed by atoms with Crippen molar-refractivity contribution in [2.75, 3.05) is 20.2 Å². The highest BCUT2D eigenvalue weighted by atomic mass is 16.6. The van der Waals surface area contributed by atoms with Crippen LogP contribution in [0.4, 0.5) is 5.69 Å². The Morgan fingerprint density at radius 2 is 1.54 bits per heavy atom. The molecule has 0 saturated heterocycles.